The third-order valence-electron chi connectivity index (χ3n) is 15.6. The van der Waals surface area contributed by atoms with E-state index in [0.29, 0.717) is 135 Å². The summed E-state index contributed by atoms with van der Waals surface area (Å²) in [6, 6.07) is 3.66. The molecule has 0 spiro atoms. The second-order valence-corrected chi connectivity index (χ2v) is 27.1. The first-order chi connectivity index (χ1) is 50.7. The van der Waals surface area contributed by atoms with E-state index in [2.05, 4.69) is 46.2 Å². The number of anilines is 2. The van der Waals surface area contributed by atoms with Gasteiger partial charge < -0.3 is 105 Å². The number of fused-ring (bicyclic) bond motifs is 6. The van der Waals surface area contributed by atoms with Crippen LogP contribution in [0.5, 0.6) is 11.5 Å². The number of aliphatic carboxylic acids is 1. The number of likely N-dealkylation sites (tertiary alicyclic amines) is 1. The Hall–Kier alpha value is -7.75. The zero-order chi connectivity index (χ0) is 76.0. The smallest absolute Gasteiger partial charge is 0.305 e. The molecule has 588 valence electrons. The van der Waals surface area contributed by atoms with Crippen LogP contribution in [0.25, 0.3) is 11.3 Å². The van der Waals surface area contributed by atoms with E-state index >= 15 is 4.39 Å². The molecular formula is C69H106F2N12O21S. The standard InChI is InChI=1S/C69H106F2N12O21S/c1-48(2)63(67(91)82-105(3,93)47-49-41-51-44-52(42-49)103-21-6-7-22-104-58-43-50(70)11-12-53(58)64-54(71)46-76-69(77-51)81-64)80-66(90)57-10-8-20-83(57)68(92)56(45-62(87)88)79-61(86)15-25-96-31-37-102-40-34-99-28-19-75-65(89)55(78-60(85)14-24-95-30-36-101-39-33-98-27-17-73)9-4-5-18-74-59(84)13-23-94-29-35-100-38-32-97-26-16-72/h11-12,41-44,46,48,55-57,63H,4-10,13-40,45,47,72-73H2,1-3H3,(H,74,84)(H,75,89)(H,78,85)(H,79,86)(H,80,90)(H,87,88)(H,76,77,81)/t55-,56-,57-,63-,105-/m0/s1. The molecule has 1 saturated heterocycles. The maximum Gasteiger partial charge on any atom is 0.305 e. The van der Waals surface area contributed by atoms with Gasteiger partial charge in [-0.3, -0.25) is 38.4 Å². The number of rotatable bonds is 51. The number of unbranched alkanes of at least 4 members (excludes halogenated alkanes) is 1. The average Bonchev–Trinajstić information content (AvgIpc) is 1.54. The fourth-order valence-corrected chi connectivity index (χ4v) is 11.9. The molecule has 5 atom stereocenters. The fraction of sp³-hybridized carbons (Fsp3) is 0.652. The average molecular weight is 1510 g/mol. The largest absolute Gasteiger partial charge is 0.494 e. The number of amides is 7. The normalized spacial score (nSPS) is 15.0. The monoisotopic (exact) mass is 1510 g/mol. The molecule has 11 N–H and O–H groups in total. The van der Waals surface area contributed by atoms with Crippen molar-refractivity contribution in [3.63, 3.8) is 0 Å². The molecule has 5 rings (SSSR count). The first-order valence-electron chi connectivity index (χ1n) is 35.4. The second kappa shape index (κ2) is 50.7. The summed E-state index contributed by atoms with van der Waals surface area (Å²) in [4.78, 5) is 115. The highest BCUT2D eigenvalue weighted by atomic mass is 32.2. The summed E-state index contributed by atoms with van der Waals surface area (Å²) in [5, 5.41) is 26.3. The maximum atomic E-state index is 15.2. The molecule has 0 saturated carbocycles. The number of hydrogen-bond donors (Lipinski definition) is 9. The Morgan fingerprint density at radius 1 is 0.676 bits per heavy atom. The van der Waals surface area contributed by atoms with Gasteiger partial charge in [0, 0.05) is 81.6 Å². The van der Waals surface area contributed by atoms with Crippen molar-refractivity contribution in [1.82, 2.24) is 41.5 Å². The van der Waals surface area contributed by atoms with Crippen LogP contribution in [0, 0.1) is 17.6 Å². The molecule has 0 unspecified atom stereocenters. The van der Waals surface area contributed by atoms with Crippen molar-refractivity contribution in [2.24, 2.45) is 21.7 Å². The molecular weight excluding hydrogens is 1400 g/mol. The number of aromatic nitrogens is 2. The number of carbonyl (C=O) groups is 8. The van der Waals surface area contributed by atoms with Crippen molar-refractivity contribution in [2.45, 2.75) is 114 Å². The van der Waals surface area contributed by atoms with E-state index in [0.717, 1.165) is 18.3 Å². The first kappa shape index (κ1) is 87.9. The van der Waals surface area contributed by atoms with E-state index in [1.165, 1.54) is 17.2 Å². The van der Waals surface area contributed by atoms with Gasteiger partial charge in [0.05, 0.1) is 160 Å². The molecule has 3 heterocycles. The minimum Gasteiger partial charge on any atom is -0.494 e. The summed E-state index contributed by atoms with van der Waals surface area (Å²) in [5.41, 5.74) is 11.6. The van der Waals surface area contributed by atoms with E-state index in [4.69, 9.17) is 63.6 Å². The first-order valence-corrected chi connectivity index (χ1v) is 37.5. The van der Waals surface area contributed by atoms with Gasteiger partial charge in [0.25, 0.3) is 5.91 Å². The number of nitrogens with two attached hydrogens (primary N) is 2. The number of halogens is 2. The number of ether oxygens (including phenoxy) is 11. The van der Waals surface area contributed by atoms with E-state index in [1.54, 1.807) is 32.0 Å². The van der Waals surface area contributed by atoms with Crippen molar-refractivity contribution >= 4 is 68.7 Å². The van der Waals surface area contributed by atoms with Crippen LogP contribution < -0.4 is 52.8 Å². The van der Waals surface area contributed by atoms with Gasteiger partial charge >= 0.3 is 5.97 Å². The van der Waals surface area contributed by atoms with Crippen molar-refractivity contribution in [2.75, 3.05) is 176 Å². The van der Waals surface area contributed by atoms with E-state index in [1.807, 2.05) is 0 Å². The summed E-state index contributed by atoms with van der Waals surface area (Å²) < 4.78 is 109. The molecule has 0 aliphatic carbocycles. The summed E-state index contributed by atoms with van der Waals surface area (Å²) >= 11 is 0. The van der Waals surface area contributed by atoms with Crippen LogP contribution >= 0.6 is 0 Å². The van der Waals surface area contributed by atoms with Gasteiger partial charge in [-0.2, -0.15) is 4.36 Å². The molecule has 1 aromatic heterocycles. The molecule has 36 heteroatoms. The Labute approximate surface area is 611 Å². The number of carboxylic acid groups (broad SMARTS) is 1. The topological polar surface area (TPSA) is 441 Å². The van der Waals surface area contributed by atoms with Gasteiger partial charge in [-0.05, 0) is 80.7 Å². The van der Waals surface area contributed by atoms with Gasteiger partial charge in [0.15, 0.2) is 5.82 Å². The van der Waals surface area contributed by atoms with E-state index in [-0.39, 0.29) is 152 Å². The van der Waals surface area contributed by atoms with Crippen molar-refractivity contribution in [3.05, 3.63) is 59.8 Å². The van der Waals surface area contributed by atoms with Gasteiger partial charge in [-0.15, -0.1) is 0 Å². The van der Waals surface area contributed by atoms with Crippen LogP contribution in [-0.4, -0.2) is 267 Å². The molecule has 2 aliphatic rings. The minimum atomic E-state index is -3.40. The Morgan fingerprint density at radius 2 is 1.24 bits per heavy atom. The predicted molar refractivity (Wildman–Crippen MR) is 379 cm³/mol. The lowest BCUT2D eigenvalue weighted by Gasteiger charge is -2.29. The SMILES string of the molecule is CC(C)[C@H](NC(=O)[C@@H]1CCCN1C(=O)[C@H](CC(=O)O)NC(=O)CCOCCOCCOCCNC(=O)[C@H](CCCCNC(=O)CCOCCOCCOCCN)NC(=O)CCOCCOCCOCCN)C(=O)N=[S@@](C)(=O)Cc1cc2cc(c1)OCCCCOc1cc(F)ccc1-c1nc(ncc1F)N2. The minimum absolute atomic E-state index is 0.00767. The lowest BCUT2D eigenvalue weighted by Crippen LogP contribution is -2.56. The lowest BCUT2D eigenvalue weighted by atomic mass is 10.0. The highest BCUT2D eigenvalue weighted by molar-refractivity contribution is 7.92. The van der Waals surface area contributed by atoms with Gasteiger partial charge in [-0.1, -0.05) is 13.8 Å². The fourth-order valence-electron chi connectivity index (χ4n) is 10.5. The van der Waals surface area contributed by atoms with Crippen LogP contribution in [0.2, 0.25) is 0 Å². The molecule has 0 radical (unpaired) electrons. The Morgan fingerprint density at radius 3 is 1.83 bits per heavy atom. The molecule has 1 fully saturated rings. The predicted octanol–water partition coefficient (Wildman–Crippen LogP) is 2.06. The van der Waals surface area contributed by atoms with Crippen LogP contribution in [0.3, 0.4) is 0 Å². The van der Waals surface area contributed by atoms with E-state index < -0.39 is 93.4 Å². The molecule has 3 aromatic rings. The van der Waals surface area contributed by atoms with Crippen molar-refractivity contribution < 1.29 is 109 Å². The van der Waals surface area contributed by atoms with Crippen LogP contribution in [0.4, 0.5) is 20.4 Å². The van der Waals surface area contributed by atoms with Crippen molar-refractivity contribution in [1.29, 1.82) is 0 Å². The zero-order valence-corrected chi connectivity index (χ0v) is 61.1. The van der Waals surface area contributed by atoms with Gasteiger partial charge in [-0.25, -0.2) is 23.0 Å². The molecule has 33 nitrogen and oxygen atoms in total. The van der Waals surface area contributed by atoms with Crippen LogP contribution in [-0.2, 0) is 96.5 Å². The molecule has 105 heavy (non-hydrogen) atoms. The summed E-state index contributed by atoms with van der Waals surface area (Å²) in [7, 11) is -3.40. The number of carboxylic acids is 1. The number of nitrogens with zero attached hydrogens (tertiary/aromatic N) is 4. The summed E-state index contributed by atoms with van der Waals surface area (Å²) in [5.74, 6) is -7.35. The Balaban J connectivity index is 1.01. The van der Waals surface area contributed by atoms with Gasteiger partial charge in [0.2, 0.25) is 41.4 Å². The molecule has 7 amide bonds. The highest BCUT2D eigenvalue weighted by Gasteiger charge is 2.40. The Bertz CT molecular complexity index is 3300. The number of hydrogen-bond acceptors (Lipinski definition) is 25. The Kier molecular flexibility index (Phi) is 42.4. The lowest BCUT2D eigenvalue weighted by molar-refractivity contribution is -0.146. The highest BCUT2D eigenvalue weighted by Crippen LogP contribution is 2.33. The third-order valence-corrected chi connectivity index (χ3v) is 17.1. The number of nitrogens with one attached hydrogen (secondary N) is 6. The number of benzene rings is 2. The second-order valence-electron chi connectivity index (χ2n) is 24.7. The summed E-state index contributed by atoms with van der Waals surface area (Å²) in [6.45, 7) is 9.74. The van der Waals surface area contributed by atoms with Gasteiger partial charge in [0.1, 0.15) is 47.2 Å². The van der Waals surface area contributed by atoms with Crippen LogP contribution in [0.15, 0.2) is 47.0 Å². The third kappa shape index (κ3) is 35.9. The van der Waals surface area contributed by atoms with E-state index in [9.17, 15) is 52.1 Å². The zero-order valence-electron chi connectivity index (χ0n) is 60.3. The number of carbonyl (C=O) groups excluding carboxylic acids is 7. The maximum absolute atomic E-state index is 15.2. The molecule has 2 aromatic carbocycles. The molecule has 2 aliphatic heterocycles. The molecule has 4 bridgehead atoms. The quantitative estimate of drug-likeness (QED) is 0.0365. The summed E-state index contributed by atoms with van der Waals surface area (Å²) in [6.07, 6.45) is 4.20. The van der Waals surface area contributed by atoms with Crippen molar-refractivity contribution in [3.8, 4) is 22.8 Å². The van der Waals surface area contributed by atoms with Crippen LogP contribution in [0.1, 0.15) is 90.0 Å².